The monoisotopic (exact) mass is 287 g/mol. The number of hydrogen-bond acceptors (Lipinski definition) is 1. The number of fused-ring (bicyclic) bond motifs is 1. The van der Waals surface area contributed by atoms with Crippen LogP contribution in [0.1, 0.15) is 0 Å². The van der Waals surface area contributed by atoms with Gasteiger partial charge in [-0.15, -0.1) is 0 Å². The minimum atomic E-state index is 0.638. The first-order chi connectivity index (χ1) is 9.16. The molecule has 3 rings (SSSR count). The highest BCUT2D eigenvalue weighted by atomic mass is 35.5. The molecule has 0 aliphatic rings. The van der Waals surface area contributed by atoms with Crippen LogP contribution in [0.15, 0.2) is 54.6 Å². The summed E-state index contributed by atoms with van der Waals surface area (Å²) in [5.41, 5.74) is 8.77. The van der Waals surface area contributed by atoms with Gasteiger partial charge in [-0.3, -0.25) is 0 Å². The molecule has 0 aliphatic carbocycles. The number of nitrogen functional groups attached to an aromatic ring is 1. The van der Waals surface area contributed by atoms with Crippen LogP contribution in [0, 0.1) is 0 Å². The van der Waals surface area contributed by atoms with Crippen LogP contribution in [0.25, 0.3) is 21.9 Å². The Bertz CT molecular complexity index is 766. The van der Waals surface area contributed by atoms with E-state index >= 15 is 0 Å². The lowest BCUT2D eigenvalue weighted by Gasteiger charge is -2.11. The van der Waals surface area contributed by atoms with Crippen molar-refractivity contribution in [2.45, 2.75) is 0 Å². The Morgan fingerprint density at radius 2 is 1.42 bits per heavy atom. The molecule has 94 valence electrons. The maximum Gasteiger partial charge on any atom is 0.0484 e. The summed E-state index contributed by atoms with van der Waals surface area (Å²) in [4.78, 5) is 0. The number of nitrogens with two attached hydrogens (primary N) is 1. The molecule has 0 fully saturated rings. The van der Waals surface area contributed by atoms with Crippen molar-refractivity contribution in [1.82, 2.24) is 0 Å². The third kappa shape index (κ3) is 2.16. The third-order valence-corrected chi connectivity index (χ3v) is 3.74. The molecule has 2 N–H and O–H groups in total. The van der Waals surface area contributed by atoms with Crippen molar-refractivity contribution in [3.63, 3.8) is 0 Å². The van der Waals surface area contributed by atoms with Crippen LogP contribution in [-0.4, -0.2) is 0 Å². The van der Waals surface area contributed by atoms with Gasteiger partial charge in [-0.05, 0) is 29.1 Å². The number of anilines is 1. The van der Waals surface area contributed by atoms with Gasteiger partial charge in [-0.2, -0.15) is 0 Å². The number of hydrogen-bond donors (Lipinski definition) is 1. The predicted octanol–water partition coefficient (Wildman–Crippen LogP) is 5.40. The molecule has 0 spiro atoms. The molecule has 3 aromatic rings. The van der Waals surface area contributed by atoms with E-state index < -0.39 is 0 Å². The Labute approximate surface area is 121 Å². The average molecular weight is 288 g/mol. The van der Waals surface area contributed by atoms with E-state index in [1.54, 1.807) is 6.07 Å². The van der Waals surface area contributed by atoms with E-state index in [1.807, 2.05) is 48.5 Å². The standard InChI is InChI=1S/C16H11Cl2N/c17-10-5-6-14(16(19)9-10)12-7-8-15(18)13-4-2-1-3-11(12)13/h1-9H,19H2. The summed E-state index contributed by atoms with van der Waals surface area (Å²) in [6, 6.07) is 17.5. The van der Waals surface area contributed by atoms with Crippen LogP contribution in [0.4, 0.5) is 5.69 Å². The molecule has 0 unspecified atom stereocenters. The van der Waals surface area contributed by atoms with Crippen molar-refractivity contribution in [3.8, 4) is 11.1 Å². The van der Waals surface area contributed by atoms with Crippen LogP contribution in [0.3, 0.4) is 0 Å². The molecule has 0 heterocycles. The first-order valence-corrected chi connectivity index (χ1v) is 6.65. The molecule has 0 amide bonds. The lowest BCUT2D eigenvalue weighted by Crippen LogP contribution is -1.91. The summed E-state index contributed by atoms with van der Waals surface area (Å²) in [5, 5.41) is 3.49. The molecular weight excluding hydrogens is 277 g/mol. The van der Waals surface area contributed by atoms with Gasteiger partial charge in [0.15, 0.2) is 0 Å². The van der Waals surface area contributed by atoms with E-state index in [0.29, 0.717) is 10.7 Å². The second kappa shape index (κ2) is 4.76. The minimum Gasteiger partial charge on any atom is -0.398 e. The third-order valence-electron chi connectivity index (χ3n) is 3.17. The fraction of sp³-hybridized carbons (Fsp3) is 0. The number of rotatable bonds is 1. The zero-order chi connectivity index (χ0) is 13.4. The molecule has 19 heavy (non-hydrogen) atoms. The summed E-state index contributed by atoms with van der Waals surface area (Å²) < 4.78 is 0. The smallest absolute Gasteiger partial charge is 0.0484 e. The first-order valence-electron chi connectivity index (χ1n) is 5.89. The van der Waals surface area contributed by atoms with E-state index in [1.165, 1.54) is 0 Å². The fourth-order valence-electron chi connectivity index (χ4n) is 2.28. The molecule has 1 nitrogen and oxygen atoms in total. The van der Waals surface area contributed by atoms with E-state index in [4.69, 9.17) is 28.9 Å². The van der Waals surface area contributed by atoms with E-state index in [2.05, 4.69) is 0 Å². The molecule has 0 radical (unpaired) electrons. The van der Waals surface area contributed by atoms with E-state index in [0.717, 1.165) is 26.9 Å². The van der Waals surface area contributed by atoms with Crippen molar-refractivity contribution in [2.24, 2.45) is 0 Å². The van der Waals surface area contributed by atoms with Gasteiger partial charge in [0.2, 0.25) is 0 Å². The molecular formula is C16H11Cl2N. The zero-order valence-electron chi connectivity index (χ0n) is 10.0. The van der Waals surface area contributed by atoms with Crippen LogP contribution < -0.4 is 5.73 Å². The van der Waals surface area contributed by atoms with Crippen molar-refractivity contribution >= 4 is 39.7 Å². The van der Waals surface area contributed by atoms with Crippen molar-refractivity contribution in [1.29, 1.82) is 0 Å². The predicted molar refractivity (Wildman–Crippen MR) is 83.8 cm³/mol. The lowest BCUT2D eigenvalue weighted by molar-refractivity contribution is 1.63. The second-order valence-corrected chi connectivity index (χ2v) is 5.22. The molecule has 0 atom stereocenters. The molecule has 0 bridgehead atoms. The van der Waals surface area contributed by atoms with Crippen LogP contribution in [0.2, 0.25) is 10.0 Å². The van der Waals surface area contributed by atoms with Crippen LogP contribution >= 0.6 is 23.2 Å². The van der Waals surface area contributed by atoms with Gasteiger partial charge < -0.3 is 5.73 Å². The Morgan fingerprint density at radius 1 is 0.737 bits per heavy atom. The molecule has 0 aromatic heterocycles. The lowest BCUT2D eigenvalue weighted by atomic mass is 9.97. The number of halogens is 2. The molecule has 0 aliphatic heterocycles. The number of benzene rings is 3. The second-order valence-electron chi connectivity index (χ2n) is 4.37. The fourth-order valence-corrected chi connectivity index (χ4v) is 2.68. The van der Waals surface area contributed by atoms with Crippen molar-refractivity contribution in [2.75, 3.05) is 5.73 Å². The Morgan fingerprint density at radius 3 is 2.16 bits per heavy atom. The van der Waals surface area contributed by atoms with Crippen molar-refractivity contribution in [3.05, 3.63) is 64.6 Å². The van der Waals surface area contributed by atoms with Gasteiger partial charge >= 0.3 is 0 Å². The average Bonchev–Trinajstić information content (AvgIpc) is 2.41. The van der Waals surface area contributed by atoms with Gasteiger partial charge in [0.05, 0.1) is 0 Å². The highest BCUT2D eigenvalue weighted by Gasteiger charge is 2.09. The highest BCUT2D eigenvalue weighted by Crippen LogP contribution is 2.36. The maximum absolute atomic E-state index is 6.23. The summed E-state index contributed by atoms with van der Waals surface area (Å²) >= 11 is 12.2. The Kier molecular flexibility index (Phi) is 3.09. The largest absolute Gasteiger partial charge is 0.398 e. The SMILES string of the molecule is Nc1cc(Cl)ccc1-c1ccc(Cl)c2ccccc12. The normalized spacial score (nSPS) is 10.8. The van der Waals surface area contributed by atoms with Crippen LogP contribution in [-0.2, 0) is 0 Å². The maximum atomic E-state index is 6.23. The topological polar surface area (TPSA) is 26.0 Å². The summed E-state index contributed by atoms with van der Waals surface area (Å²) in [6.07, 6.45) is 0. The van der Waals surface area contributed by atoms with E-state index in [9.17, 15) is 0 Å². The Balaban J connectivity index is 2.34. The quantitative estimate of drug-likeness (QED) is 0.596. The summed E-state index contributed by atoms with van der Waals surface area (Å²) in [5.74, 6) is 0. The van der Waals surface area contributed by atoms with Gasteiger partial charge in [0, 0.05) is 26.7 Å². The minimum absolute atomic E-state index is 0.638. The van der Waals surface area contributed by atoms with Crippen molar-refractivity contribution < 1.29 is 0 Å². The molecule has 0 saturated heterocycles. The molecule has 3 aromatic carbocycles. The first kappa shape index (κ1) is 12.3. The van der Waals surface area contributed by atoms with Gasteiger partial charge in [-0.25, -0.2) is 0 Å². The molecule has 3 heteroatoms. The zero-order valence-corrected chi connectivity index (χ0v) is 11.5. The summed E-state index contributed by atoms with van der Waals surface area (Å²) in [6.45, 7) is 0. The van der Waals surface area contributed by atoms with E-state index in [-0.39, 0.29) is 0 Å². The highest BCUT2D eigenvalue weighted by molar-refractivity contribution is 6.36. The summed E-state index contributed by atoms with van der Waals surface area (Å²) in [7, 11) is 0. The Hall–Kier alpha value is -1.70. The molecule has 0 saturated carbocycles. The van der Waals surface area contributed by atoms with Gasteiger partial charge in [-0.1, -0.05) is 59.6 Å². The van der Waals surface area contributed by atoms with Gasteiger partial charge in [0.25, 0.3) is 0 Å². The van der Waals surface area contributed by atoms with Gasteiger partial charge in [0.1, 0.15) is 0 Å². The van der Waals surface area contributed by atoms with Crippen LogP contribution in [0.5, 0.6) is 0 Å².